The highest BCUT2D eigenvalue weighted by molar-refractivity contribution is 5.66. The quantitative estimate of drug-likeness (QED) is 0.421. The topological polar surface area (TPSA) is 64.3 Å². The van der Waals surface area contributed by atoms with Gasteiger partial charge in [0.1, 0.15) is 6.10 Å². The molecule has 1 aliphatic rings. The van der Waals surface area contributed by atoms with Gasteiger partial charge in [-0.25, -0.2) is 10.6 Å². The lowest BCUT2D eigenvalue weighted by molar-refractivity contribution is -0.0316. The van der Waals surface area contributed by atoms with Gasteiger partial charge in [0.15, 0.2) is 0 Å². The van der Waals surface area contributed by atoms with Gasteiger partial charge in [-0.15, -0.1) is 0 Å². The second-order valence-corrected chi connectivity index (χ2v) is 4.93. The second-order valence-electron chi connectivity index (χ2n) is 4.93. The third-order valence-electron chi connectivity index (χ3n) is 3.78. The van der Waals surface area contributed by atoms with Crippen molar-refractivity contribution in [2.75, 3.05) is 0 Å². The minimum atomic E-state index is -0.520. The highest BCUT2D eigenvalue weighted by atomic mass is 16.6. The van der Waals surface area contributed by atoms with Crippen LogP contribution in [0.3, 0.4) is 0 Å². The average Bonchev–Trinajstić information content (AvgIpc) is 2.23. The van der Waals surface area contributed by atoms with Gasteiger partial charge in [-0.05, 0) is 31.6 Å². The minimum Gasteiger partial charge on any atom is -0.445 e. The highest BCUT2D eigenvalue weighted by Gasteiger charge is 2.39. The molecule has 0 spiro atoms. The monoisotopic (exact) mass is 214 g/mol. The molecule has 88 valence electrons. The molecule has 1 saturated carbocycles. The van der Waals surface area contributed by atoms with Crippen molar-refractivity contribution in [1.29, 1.82) is 0 Å². The van der Waals surface area contributed by atoms with E-state index >= 15 is 0 Å². The normalized spacial score (nSPS) is 36.0. The van der Waals surface area contributed by atoms with Crippen molar-refractivity contribution in [3.8, 4) is 0 Å². The number of carbonyl (C=O) groups excluding carboxylic acids is 1. The molecule has 3 atom stereocenters. The van der Waals surface area contributed by atoms with Crippen LogP contribution in [0.25, 0.3) is 0 Å². The molecule has 3 unspecified atom stereocenters. The van der Waals surface area contributed by atoms with Gasteiger partial charge in [0.25, 0.3) is 0 Å². The van der Waals surface area contributed by atoms with Crippen LogP contribution < -0.4 is 11.3 Å². The molecule has 1 aliphatic carbocycles. The van der Waals surface area contributed by atoms with Gasteiger partial charge in [0.2, 0.25) is 0 Å². The maximum absolute atomic E-state index is 11.1. The van der Waals surface area contributed by atoms with Crippen molar-refractivity contribution in [1.82, 2.24) is 5.43 Å². The fourth-order valence-electron chi connectivity index (χ4n) is 2.26. The van der Waals surface area contributed by atoms with E-state index in [1.54, 1.807) is 0 Å². The summed E-state index contributed by atoms with van der Waals surface area (Å²) in [6.45, 7) is 6.53. The maximum atomic E-state index is 11.1. The average molecular weight is 214 g/mol. The number of hydrogen-bond acceptors (Lipinski definition) is 3. The van der Waals surface area contributed by atoms with Crippen molar-refractivity contribution < 1.29 is 9.53 Å². The Morgan fingerprint density at radius 3 is 2.87 bits per heavy atom. The third-order valence-corrected chi connectivity index (χ3v) is 3.78. The molecular formula is C11H22N2O2. The van der Waals surface area contributed by atoms with Gasteiger partial charge >= 0.3 is 6.09 Å². The standard InChI is InChI=1S/C11H22N2O2/c1-4-11(3)6-5-8(2)7-9(11)15-10(14)13-12/h8-9H,4-7,12H2,1-3H3,(H,13,14). The zero-order valence-corrected chi connectivity index (χ0v) is 9.88. The molecule has 3 N–H and O–H groups in total. The molecule has 15 heavy (non-hydrogen) atoms. The van der Waals surface area contributed by atoms with Crippen molar-refractivity contribution in [2.24, 2.45) is 17.2 Å². The van der Waals surface area contributed by atoms with Gasteiger partial charge in [-0.3, -0.25) is 5.43 Å². The smallest absolute Gasteiger partial charge is 0.421 e. The van der Waals surface area contributed by atoms with E-state index in [4.69, 9.17) is 10.6 Å². The summed E-state index contributed by atoms with van der Waals surface area (Å²) in [6.07, 6.45) is 3.78. The van der Waals surface area contributed by atoms with Gasteiger partial charge in [-0.1, -0.05) is 20.8 Å². The summed E-state index contributed by atoms with van der Waals surface area (Å²) in [6, 6.07) is 0. The van der Waals surface area contributed by atoms with E-state index in [1.165, 1.54) is 6.42 Å². The van der Waals surface area contributed by atoms with Crippen LogP contribution in [0.2, 0.25) is 0 Å². The first kappa shape index (κ1) is 12.3. The Balaban J connectivity index is 2.66. The Labute approximate surface area is 91.5 Å². The van der Waals surface area contributed by atoms with E-state index in [2.05, 4.69) is 20.8 Å². The summed E-state index contributed by atoms with van der Waals surface area (Å²) in [4.78, 5) is 11.1. The minimum absolute atomic E-state index is 0.00481. The number of amides is 1. The predicted octanol–water partition coefficient (Wildman–Crippen LogP) is 2.19. The van der Waals surface area contributed by atoms with Crippen LogP contribution in [-0.2, 0) is 4.74 Å². The van der Waals surface area contributed by atoms with Crippen molar-refractivity contribution in [3.63, 3.8) is 0 Å². The molecule has 0 saturated heterocycles. The number of nitrogens with one attached hydrogen (secondary N) is 1. The van der Waals surface area contributed by atoms with E-state index in [9.17, 15) is 4.79 Å². The number of rotatable bonds is 2. The molecule has 0 aromatic carbocycles. The van der Waals surface area contributed by atoms with Gasteiger partial charge in [-0.2, -0.15) is 0 Å². The Kier molecular flexibility index (Phi) is 3.97. The first-order valence-electron chi connectivity index (χ1n) is 5.69. The third kappa shape index (κ3) is 2.84. The van der Waals surface area contributed by atoms with Gasteiger partial charge in [0.05, 0.1) is 0 Å². The molecule has 4 heteroatoms. The summed E-state index contributed by atoms with van der Waals surface area (Å²) in [7, 11) is 0. The van der Waals surface area contributed by atoms with E-state index in [1.807, 2.05) is 5.43 Å². The van der Waals surface area contributed by atoms with Crippen molar-refractivity contribution >= 4 is 6.09 Å². The van der Waals surface area contributed by atoms with E-state index < -0.39 is 6.09 Å². The molecule has 0 radical (unpaired) electrons. The molecule has 1 rings (SSSR count). The molecule has 4 nitrogen and oxygen atoms in total. The predicted molar refractivity (Wildman–Crippen MR) is 59.0 cm³/mol. The molecule has 0 heterocycles. The Morgan fingerprint density at radius 2 is 2.33 bits per heavy atom. The van der Waals surface area contributed by atoms with Crippen molar-refractivity contribution in [2.45, 2.75) is 52.6 Å². The Bertz CT molecular complexity index is 233. The summed E-state index contributed by atoms with van der Waals surface area (Å²) in [5, 5.41) is 0. The number of nitrogens with two attached hydrogens (primary N) is 1. The van der Waals surface area contributed by atoms with Crippen LogP contribution in [0.5, 0.6) is 0 Å². The lowest BCUT2D eigenvalue weighted by Crippen LogP contribution is -2.44. The highest BCUT2D eigenvalue weighted by Crippen LogP contribution is 2.42. The van der Waals surface area contributed by atoms with E-state index in [0.29, 0.717) is 5.92 Å². The molecule has 1 amide bonds. The lowest BCUT2D eigenvalue weighted by Gasteiger charge is -2.42. The van der Waals surface area contributed by atoms with E-state index in [0.717, 1.165) is 19.3 Å². The van der Waals surface area contributed by atoms with Crippen LogP contribution in [-0.4, -0.2) is 12.2 Å². The number of carbonyl (C=O) groups is 1. The molecule has 0 aromatic heterocycles. The van der Waals surface area contributed by atoms with Crippen LogP contribution in [0.15, 0.2) is 0 Å². The fourth-order valence-corrected chi connectivity index (χ4v) is 2.26. The molecule has 1 fully saturated rings. The summed E-state index contributed by atoms with van der Waals surface area (Å²) < 4.78 is 5.34. The van der Waals surface area contributed by atoms with Gasteiger partial charge in [0, 0.05) is 5.41 Å². The first-order chi connectivity index (χ1) is 7.01. The molecule has 0 bridgehead atoms. The van der Waals surface area contributed by atoms with E-state index in [-0.39, 0.29) is 11.5 Å². The Morgan fingerprint density at radius 1 is 1.67 bits per heavy atom. The molecule has 0 aromatic rings. The largest absolute Gasteiger partial charge is 0.445 e. The SMILES string of the molecule is CCC1(C)CCC(C)CC1OC(=O)NN. The number of ether oxygens (including phenoxy) is 1. The van der Waals surface area contributed by atoms with Crippen LogP contribution >= 0.6 is 0 Å². The fraction of sp³-hybridized carbons (Fsp3) is 0.909. The van der Waals surface area contributed by atoms with Crippen molar-refractivity contribution in [3.05, 3.63) is 0 Å². The zero-order valence-electron chi connectivity index (χ0n) is 9.88. The van der Waals surface area contributed by atoms with Crippen LogP contribution in [0.1, 0.15) is 46.5 Å². The maximum Gasteiger partial charge on any atom is 0.421 e. The number of hydrogen-bond donors (Lipinski definition) is 2. The second kappa shape index (κ2) is 4.84. The summed E-state index contributed by atoms with van der Waals surface area (Å²) >= 11 is 0. The summed E-state index contributed by atoms with van der Waals surface area (Å²) in [5.74, 6) is 5.65. The zero-order chi connectivity index (χ0) is 11.5. The molecule has 0 aliphatic heterocycles. The first-order valence-corrected chi connectivity index (χ1v) is 5.69. The lowest BCUT2D eigenvalue weighted by atomic mass is 9.68. The Hall–Kier alpha value is -0.770. The van der Waals surface area contributed by atoms with Crippen LogP contribution in [0, 0.1) is 11.3 Å². The number of hydrazine groups is 1. The van der Waals surface area contributed by atoms with Crippen LogP contribution in [0.4, 0.5) is 4.79 Å². The molecular weight excluding hydrogens is 192 g/mol. The summed E-state index contributed by atoms with van der Waals surface area (Å²) in [5.41, 5.74) is 2.14. The van der Waals surface area contributed by atoms with Gasteiger partial charge < -0.3 is 4.74 Å².